The van der Waals surface area contributed by atoms with Crippen molar-refractivity contribution in [1.29, 1.82) is 0 Å². The molecule has 2 N–H and O–H groups in total. The van der Waals surface area contributed by atoms with E-state index >= 15 is 0 Å². The predicted molar refractivity (Wildman–Crippen MR) is 90.6 cm³/mol. The second kappa shape index (κ2) is 6.90. The molecule has 2 unspecified atom stereocenters. The smallest absolute Gasteiger partial charge is 0.256 e. The summed E-state index contributed by atoms with van der Waals surface area (Å²) in [6.45, 7) is 0.399. The SMILES string of the molecule is COCC(=O)NC1CCN2C(=O)c3cc(Br)ccc3NC(=O)C2C1. The summed E-state index contributed by atoms with van der Waals surface area (Å²) in [5.74, 6) is -0.616. The summed E-state index contributed by atoms with van der Waals surface area (Å²) in [6.07, 6.45) is 0.997. The molecule has 0 aromatic heterocycles. The summed E-state index contributed by atoms with van der Waals surface area (Å²) in [4.78, 5) is 38.6. The topological polar surface area (TPSA) is 87.7 Å². The number of methoxy groups -OCH3 is 1. The molecule has 24 heavy (non-hydrogen) atoms. The van der Waals surface area contributed by atoms with Crippen LogP contribution in [0.2, 0.25) is 0 Å². The fourth-order valence-corrected chi connectivity index (χ4v) is 3.52. The molecule has 0 aliphatic carbocycles. The second-order valence-corrected chi connectivity index (χ2v) is 6.83. The average Bonchev–Trinajstić information content (AvgIpc) is 2.64. The Morgan fingerprint density at radius 1 is 1.46 bits per heavy atom. The van der Waals surface area contributed by atoms with Gasteiger partial charge in [0.05, 0.1) is 11.3 Å². The van der Waals surface area contributed by atoms with Gasteiger partial charge in [-0.2, -0.15) is 0 Å². The lowest BCUT2D eigenvalue weighted by Crippen LogP contribution is -2.55. The Hall–Kier alpha value is -1.93. The number of halogens is 1. The number of ether oxygens (including phenoxy) is 1. The second-order valence-electron chi connectivity index (χ2n) is 5.92. The molecule has 8 heteroatoms. The van der Waals surface area contributed by atoms with Crippen LogP contribution in [0.25, 0.3) is 0 Å². The number of nitrogens with zero attached hydrogens (tertiary/aromatic N) is 1. The minimum absolute atomic E-state index is 0.0184. The fourth-order valence-electron chi connectivity index (χ4n) is 3.16. The van der Waals surface area contributed by atoms with Crippen LogP contribution in [-0.2, 0) is 14.3 Å². The van der Waals surface area contributed by atoms with Gasteiger partial charge in [-0.15, -0.1) is 0 Å². The first-order valence-electron chi connectivity index (χ1n) is 7.69. The number of benzene rings is 1. The maximum Gasteiger partial charge on any atom is 0.256 e. The zero-order valence-electron chi connectivity index (χ0n) is 13.2. The van der Waals surface area contributed by atoms with Crippen molar-refractivity contribution in [3.8, 4) is 0 Å². The highest BCUT2D eigenvalue weighted by Gasteiger charge is 2.40. The minimum atomic E-state index is -0.592. The average molecular weight is 396 g/mol. The lowest BCUT2D eigenvalue weighted by Gasteiger charge is -2.37. The van der Waals surface area contributed by atoms with Gasteiger partial charge >= 0.3 is 0 Å². The highest BCUT2D eigenvalue weighted by atomic mass is 79.9. The molecule has 2 heterocycles. The van der Waals surface area contributed by atoms with Crippen molar-refractivity contribution in [2.45, 2.75) is 24.9 Å². The molecular formula is C16H18BrN3O4. The normalized spacial score (nSPS) is 23.0. The van der Waals surface area contributed by atoms with Crippen molar-refractivity contribution < 1.29 is 19.1 Å². The number of carbonyl (C=O) groups is 3. The van der Waals surface area contributed by atoms with Crippen molar-refractivity contribution in [2.24, 2.45) is 0 Å². The predicted octanol–water partition coefficient (Wildman–Crippen LogP) is 1.14. The Kier molecular flexibility index (Phi) is 4.86. The van der Waals surface area contributed by atoms with Gasteiger partial charge in [-0.3, -0.25) is 14.4 Å². The number of fused-ring (bicyclic) bond motifs is 2. The molecule has 0 saturated carbocycles. The molecule has 3 rings (SSSR count). The molecule has 1 fully saturated rings. The van der Waals surface area contributed by atoms with Crippen LogP contribution >= 0.6 is 15.9 Å². The molecule has 128 valence electrons. The van der Waals surface area contributed by atoms with Crippen molar-refractivity contribution >= 4 is 39.3 Å². The van der Waals surface area contributed by atoms with E-state index in [0.717, 1.165) is 4.47 Å². The van der Waals surface area contributed by atoms with E-state index < -0.39 is 6.04 Å². The third-order valence-corrected chi connectivity index (χ3v) is 4.77. The molecule has 0 spiro atoms. The number of hydrogen-bond acceptors (Lipinski definition) is 4. The molecule has 1 saturated heterocycles. The Bertz CT molecular complexity index is 694. The number of piperidine rings is 1. The van der Waals surface area contributed by atoms with Crippen LogP contribution in [0.5, 0.6) is 0 Å². The zero-order chi connectivity index (χ0) is 17.3. The van der Waals surface area contributed by atoms with Gasteiger partial charge in [0, 0.05) is 24.2 Å². The fraction of sp³-hybridized carbons (Fsp3) is 0.438. The number of amides is 3. The van der Waals surface area contributed by atoms with E-state index in [1.807, 2.05) is 0 Å². The van der Waals surface area contributed by atoms with Crippen LogP contribution in [0.1, 0.15) is 23.2 Å². The minimum Gasteiger partial charge on any atom is -0.375 e. The van der Waals surface area contributed by atoms with Crippen LogP contribution in [0.3, 0.4) is 0 Å². The molecule has 0 bridgehead atoms. The standard InChI is InChI=1S/C16H18BrN3O4/c1-24-8-14(21)18-10-4-5-20-13(7-10)15(22)19-12-3-2-9(17)6-11(12)16(20)23/h2-3,6,10,13H,4-5,7-8H2,1H3,(H,18,21)(H,19,22). The van der Waals surface area contributed by atoms with Gasteiger partial charge in [0.15, 0.2) is 0 Å². The quantitative estimate of drug-likeness (QED) is 0.802. The third kappa shape index (κ3) is 3.29. The van der Waals surface area contributed by atoms with E-state index in [-0.39, 0.29) is 30.4 Å². The lowest BCUT2D eigenvalue weighted by atomic mass is 9.96. The van der Waals surface area contributed by atoms with Gasteiger partial charge in [-0.25, -0.2) is 0 Å². The van der Waals surface area contributed by atoms with Gasteiger partial charge < -0.3 is 20.3 Å². The molecule has 2 atom stereocenters. The summed E-state index contributed by atoms with van der Waals surface area (Å²) in [5, 5.41) is 5.67. The first kappa shape index (κ1) is 16.9. The van der Waals surface area contributed by atoms with E-state index in [4.69, 9.17) is 4.74 Å². The van der Waals surface area contributed by atoms with Crippen molar-refractivity contribution in [3.63, 3.8) is 0 Å². The molecule has 0 radical (unpaired) electrons. The lowest BCUT2D eigenvalue weighted by molar-refractivity contribution is -0.127. The van der Waals surface area contributed by atoms with Crippen LogP contribution in [0.4, 0.5) is 5.69 Å². The first-order chi connectivity index (χ1) is 11.5. The Balaban J connectivity index is 1.80. The highest BCUT2D eigenvalue weighted by molar-refractivity contribution is 9.10. The largest absolute Gasteiger partial charge is 0.375 e. The number of carbonyl (C=O) groups excluding carboxylic acids is 3. The molecule has 2 aliphatic rings. The molecule has 3 amide bonds. The molecule has 2 aliphatic heterocycles. The van der Waals surface area contributed by atoms with Gasteiger partial charge in [-0.1, -0.05) is 15.9 Å². The molecular weight excluding hydrogens is 378 g/mol. The van der Waals surface area contributed by atoms with Crippen LogP contribution in [0, 0.1) is 0 Å². The zero-order valence-corrected chi connectivity index (χ0v) is 14.8. The summed E-state index contributed by atoms with van der Waals surface area (Å²) in [7, 11) is 1.45. The molecule has 1 aromatic carbocycles. The highest BCUT2D eigenvalue weighted by Crippen LogP contribution is 2.30. The van der Waals surface area contributed by atoms with Gasteiger partial charge in [0.2, 0.25) is 11.8 Å². The third-order valence-electron chi connectivity index (χ3n) is 4.28. The van der Waals surface area contributed by atoms with Gasteiger partial charge in [0.25, 0.3) is 5.91 Å². The van der Waals surface area contributed by atoms with E-state index in [2.05, 4.69) is 26.6 Å². The molecule has 7 nitrogen and oxygen atoms in total. The number of rotatable bonds is 3. The summed E-state index contributed by atoms with van der Waals surface area (Å²) < 4.78 is 5.58. The van der Waals surface area contributed by atoms with Gasteiger partial charge in [0.1, 0.15) is 12.6 Å². The van der Waals surface area contributed by atoms with E-state index in [0.29, 0.717) is 30.6 Å². The van der Waals surface area contributed by atoms with Crippen molar-refractivity contribution in [3.05, 3.63) is 28.2 Å². The van der Waals surface area contributed by atoms with Crippen LogP contribution in [0.15, 0.2) is 22.7 Å². The summed E-state index contributed by atoms with van der Waals surface area (Å²) in [6, 6.07) is 4.47. The number of anilines is 1. The van der Waals surface area contributed by atoms with E-state index in [1.54, 1.807) is 23.1 Å². The Morgan fingerprint density at radius 3 is 3.00 bits per heavy atom. The Morgan fingerprint density at radius 2 is 2.25 bits per heavy atom. The number of hydrogen-bond donors (Lipinski definition) is 2. The van der Waals surface area contributed by atoms with E-state index in [9.17, 15) is 14.4 Å². The van der Waals surface area contributed by atoms with E-state index in [1.165, 1.54) is 7.11 Å². The maximum absolute atomic E-state index is 12.8. The molecule has 1 aromatic rings. The van der Waals surface area contributed by atoms with Crippen molar-refractivity contribution in [2.75, 3.05) is 25.6 Å². The van der Waals surface area contributed by atoms with Crippen LogP contribution < -0.4 is 10.6 Å². The monoisotopic (exact) mass is 395 g/mol. The maximum atomic E-state index is 12.8. The number of nitrogens with one attached hydrogen (secondary N) is 2. The first-order valence-corrected chi connectivity index (χ1v) is 8.48. The summed E-state index contributed by atoms with van der Waals surface area (Å²) >= 11 is 3.36. The Labute approximate surface area is 147 Å². The van der Waals surface area contributed by atoms with Crippen LogP contribution in [-0.4, -0.2) is 55.0 Å². The van der Waals surface area contributed by atoms with Crippen molar-refractivity contribution in [1.82, 2.24) is 10.2 Å². The summed E-state index contributed by atoms with van der Waals surface area (Å²) in [5.41, 5.74) is 0.990. The van der Waals surface area contributed by atoms with Gasteiger partial charge in [-0.05, 0) is 31.0 Å².